The van der Waals surface area contributed by atoms with Gasteiger partial charge in [-0.05, 0) is 31.9 Å². The van der Waals surface area contributed by atoms with E-state index >= 15 is 0 Å². The highest BCUT2D eigenvalue weighted by molar-refractivity contribution is 5.78. The molecule has 1 aliphatic carbocycles. The van der Waals surface area contributed by atoms with E-state index in [-0.39, 0.29) is 5.56 Å². The van der Waals surface area contributed by atoms with E-state index in [0.717, 1.165) is 5.69 Å². The Kier molecular flexibility index (Phi) is 3.41. The first-order valence-corrected chi connectivity index (χ1v) is 6.19. The lowest BCUT2D eigenvalue weighted by atomic mass is 10.2. The highest BCUT2D eigenvalue weighted by Crippen LogP contribution is 2.24. The average Bonchev–Trinajstić information content (AvgIpc) is 3.18. The minimum Gasteiger partial charge on any atom is -0.370 e. The maximum atomic E-state index is 12.0. The topological polar surface area (TPSA) is 63.6 Å². The van der Waals surface area contributed by atoms with E-state index in [1.54, 1.807) is 11.6 Å². The van der Waals surface area contributed by atoms with Crippen LogP contribution < -0.4 is 11.3 Å². The Morgan fingerprint density at radius 3 is 2.83 bits per heavy atom. The molecule has 0 unspecified atom stereocenters. The van der Waals surface area contributed by atoms with Crippen LogP contribution in [0.25, 0.3) is 0 Å². The summed E-state index contributed by atoms with van der Waals surface area (Å²) in [6, 6.07) is 4.29. The van der Waals surface area contributed by atoms with Gasteiger partial charge in [-0.3, -0.25) is 4.79 Å². The van der Waals surface area contributed by atoms with Crippen LogP contribution in [0.3, 0.4) is 0 Å². The van der Waals surface area contributed by atoms with Crippen molar-refractivity contribution in [2.75, 3.05) is 7.05 Å². The van der Waals surface area contributed by atoms with Crippen LogP contribution in [-0.2, 0) is 13.6 Å². The first-order valence-electron chi connectivity index (χ1n) is 6.19. The van der Waals surface area contributed by atoms with Crippen LogP contribution in [0.4, 0.5) is 0 Å². The Morgan fingerprint density at radius 2 is 2.22 bits per heavy atom. The third-order valence-electron chi connectivity index (χ3n) is 3.50. The molecular formula is C13H20N4O. The number of pyridine rings is 1. The molecule has 0 bridgehead atoms. The molecule has 5 nitrogen and oxygen atoms in total. The van der Waals surface area contributed by atoms with E-state index in [9.17, 15) is 4.79 Å². The van der Waals surface area contributed by atoms with Crippen LogP contribution in [-0.4, -0.2) is 28.5 Å². The third-order valence-corrected chi connectivity index (χ3v) is 3.50. The fourth-order valence-corrected chi connectivity index (χ4v) is 1.83. The van der Waals surface area contributed by atoms with Crippen molar-refractivity contribution in [3.8, 4) is 0 Å². The summed E-state index contributed by atoms with van der Waals surface area (Å²) in [6.45, 7) is 2.25. The molecule has 0 aliphatic heterocycles. The van der Waals surface area contributed by atoms with Crippen molar-refractivity contribution < 1.29 is 0 Å². The number of nitrogens with zero attached hydrogens (tertiary/aromatic N) is 3. The number of hydrogen-bond donors (Lipinski definition) is 1. The van der Waals surface area contributed by atoms with Crippen molar-refractivity contribution in [1.82, 2.24) is 9.47 Å². The summed E-state index contributed by atoms with van der Waals surface area (Å²) >= 11 is 0. The molecule has 2 rings (SSSR count). The van der Waals surface area contributed by atoms with Gasteiger partial charge in [-0.25, -0.2) is 4.99 Å². The van der Waals surface area contributed by atoms with Gasteiger partial charge >= 0.3 is 0 Å². The minimum atomic E-state index is 0.000579. The van der Waals surface area contributed by atoms with Gasteiger partial charge in [0.25, 0.3) is 5.56 Å². The van der Waals surface area contributed by atoms with E-state index in [1.807, 2.05) is 31.0 Å². The molecule has 1 aromatic heterocycles. The fourth-order valence-electron chi connectivity index (χ4n) is 1.83. The monoisotopic (exact) mass is 248 g/mol. The lowest BCUT2D eigenvalue weighted by molar-refractivity contribution is 0.487. The highest BCUT2D eigenvalue weighted by Gasteiger charge is 2.27. The van der Waals surface area contributed by atoms with E-state index in [0.29, 0.717) is 24.1 Å². The first kappa shape index (κ1) is 12.7. The molecule has 98 valence electrons. The Labute approximate surface area is 107 Å². The second-order valence-electron chi connectivity index (χ2n) is 4.88. The number of aliphatic imine (C=N–C) groups is 1. The van der Waals surface area contributed by atoms with Crippen LogP contribution in [0.15, 0.2) is 21.9 Å². The molecule has 0 spiro atoms. The summed E-state index contributed by atoms with van der Waals surface area (Å²) in [4.78, 5) is 18.2. The zero-order chi connectivity index (χ0) is 13.3. The van der Waals surface area contributed by atoms with E-state index in [1.165, 1.54) is 12.8 Å². The molecule has 0 saturated heterocycles. The number of aromatic nitrogens is 1. The summed E-state index contributed by atoms with van der Waals surface area (Å²) in [7, 11) is 3.72. The van der Waals surface area contributed by atoms with Crippen molar-refractivity contribution in [3.05, 3.63) is 33.7 Å². The van der Waals surface area contributed by atoms with Gasteiger partial charge in [0.15, 0.2) is 5.96 Å². The van der Waals surface area contributed by atoms with Crippen LogP contribution in [0.5, 0.6) is 0 Å². The maximum Gasteiger partial charge on any atom is 0.255 e. The van der Waals surface area contributed by atoms with Gasteiger partial charge in [-0.15, -0.1) is 0 Å². The van der Waals surface area contributed by atoms with Gasteiger partial charge in [-0.2, -0.15) is 0 Å². The van der Waals surface area contributed by atoms with Gasteiger partial charge in [0, 0.05) is 31.4 Å². The van der Waals surface area contributed by atoms with Crippen molar-refractivity contribution in [3.63, 3.8) is 0 Å². The minimum absolute atomic E-state index is 0.000579. The predicted octanol–water partition coefficient (Wildman–Crippen LogP) is 0.603. The second kappa shape index (κ2) is 4.84. The standard InChI is InChI=1S/C13H20N4O/c1-9-4-5-10(12(18)16(9)2)8-15-13(14)17(3)11-6-7-11/h4-5,11H,6-8H2,1-3H3,(H2,14,15). The molecule has 1 heterocycles. The largest absolute Gasteiger partial charge is 0.370 e. The summed E-state index contributed by atoms with van der Waals surface area (Å²) in [5, 5.41) is 0. The zero-order valence-electron chi connectivity index (χ0n) is 11.2. The molecule has 18 heavy (non-hydrogen) atoms. The van der Waals surface area contributed by atoms with Crippen molar-refractivity contribution in [2.24, 2.45) is 17.8 Å². The van der Waals surface area contributed by atoms with Crippen LogP contribution in [0, 0.1) is 6.92 Å². The Balaban J connectivity index is 2.12. The molecule has 0 radical (unpaired) electrons. The molecule has 1 aliphatic rings. The third kappa shape index (κ3) is 2.55. The highest BCUT2D eigenvalue weighted by atomic mass is 16.1. The van der Waals surface area contributed by atoms with Crippen molar-refractivity contribution in [1.29, 1.82) is 0 Å². The number of hydrogen-bond acceptors (Lipinski definition) is 2. The summed E-state index contributed by atoms with van der Waals surface area (Å²) in [5.74, 6) is 0.514. The molecule has 1 aromatic rings. The van der Waals surface area contributed by atoms with Gasteiger partial charge in [0.2, 0.25) is 0 Å². The predicted molar refractivity (Wildman–Crippen MR) is 72.5 cm³/mol. The van der Waals surface area contributed by atoms with Gasteiger partial charge in [0.05, 0.1) is 6.54 Å². The Hall–Kier alpha value is -1.78. The molecule has 0 amide bonds. The lowest BCUT2D eigenvalue weighted by Gasteiger charge is -2.16. The Morgan fingerprint density at radius 1 is 1.56 bits per heavy atom. The van der Waals surface area contributed by atoms with Gasteiger partial charge in [0.1, 0.15) is 0 Å². The van der Waals surface area contributed by atoms with Crippen LogP contribution in [0.2, 0.25) is 0 Å². The van der Waals surface area contributed by atoms with Crippen LogP contribution >= 0.6 is 0 Å². The number of aryl methyl sites for hydroxylation is 1. The molecule has 1 fully saturated rings. The molecule has 2 N–H and O–H groups in total. The van der Waals surface area contributed by atoms with Crippen molar-refractivity contribution >= 4 is 5.96 Å². The SMILES string of the molecule is Cc1ccc(CN=C(N)N(C)C2CC2)c(=O)n1C. The fraction of sp³-hybridized carbons (Fsp3) is 0.538. The lowest BCUT2D eigenvalue weighted by Crippen LogP contribution is -2.35. The average molecular weight is 248 g/mol. The van der Waals surface area contributed by atoms with Gasteiger partial charge < -0.3 is 15.2 Å². The summed E-state index contributed by atoms with van der Waals surface area (Å²) in [5.41, 5.74) is 7.51. The quantitative estimate of drug-likeness (QED) is 0.629. The van der Waals surface area contributed by atoms with Gasteiger partial charge in [-0.1, -0.05) is 0 Å². The summed E-state index contributed by atoms with van der Waals surface area (Å²) in [6.07, 6.45) is 2.36. The normalized spacial score (nSPS) is 15.8. The number of nitrogens with two attached hydrogens (primary N) is 1. The maximum absolute atomic E-state index is 12.0. The van der Waals surface area contributed by atoms with E-state index < -0.39 is 0 Å². The smallest absolute Gasteiger partial charge is 0.255 e. The van der Waals surface area contributed by atoms with Crippen molar-refractivity contribution in [2.45, 2.75) is 32.4 Å². The zero-order valence-corrected chi connectivity index (χ0v) is 11.2. The van der Waals surface area contributed by atoms with E-state index in [4.69, 9.17) is 5.73 Å². The number of rotatable bonds is 3. The molecule has 5 heteroatoms. The first-order chi connectivity index (χ1) is 8.50. The molecular weight excluding hydrogens is 228 g/mol. The summed E-state index contributed by atoms with van der Waals surface area (Å²) < 4.78 is 1.63. The second-order valence-corrected chi connectivity index (χ2v) is 4.88. The Bertz CT molecular complexity index is 528. The van der Waals surface area contributed by atoms with Crippen LogP contribution in [0.1, 0.15) is 24.1 Å². The number of guanidine groups is 1. The molecule has 0 atom stereocenters. The van der Waals surface area contributed by atoms with E-state index in [2.05, 4.69) is 4.99 Å². The molecule has 1 saturated carbocycles. The molecule has 0 aromatic carbocycles.